The number of benzene rings is 3. The third kappa shape index (κ3) is 4.60. The van der Waals surface area contributed by atoms with Gasteiger partial charge in [-0.2, -0.15) is 0 Å². The third-order valence-corrected chi connectivity index (χ3v) is 6.50. The molecule has 1 heterocycles. The maximum absolute atomic E-state index is 13.0. The number of carbonyl (C=O) groups excluding carboxylic acids is 3. The SMILES string of the molecule is COc1cc(NC(=O)c2ccc3c(c2)C(=O)N(c2ccc(S(N)(=O)=O)cc2)C3=O)c(C(=O)O)cc1OC. The maximum atomic E-state index is 13.0. The highest BCUT2D eigenvalue weighted by molar-refractivity contribution is 7.89. The van der Waals surface area contributed by atoms with Gasteiger partial charge in [0.05, 0.1) is 47.2 Å². The molecule has 3 amide bonds. The maximum Gasteiger partial charge on any atom is 0.337 e. The molecule has 0 spiro atoms. The van der Waals surface area contributed by atoms with Gasteiger partial charge in [-0.3, -0.25) is 14.4 Å². The van der Waals surface area contributed by atoms with Crippen LogP contribution in [0.25, 0.3) is 0 Å². The van der Waals surface area contributed by atoms with Gasteiger partial charge in [0.15, 0.2) is 11.5 Å². The molecule has 1 aliphatic rings. The van der Waals surface area contributed by atoms with Crippen molar-refractivity contribution in [2.45, 2.75) is 4.90 Å². The van der Waals surface area contributed by atoms with Gasteiger partial charge < -0.3 is 19.9 Å². The summed E-state index contributed by atoms with van der Waals surface area (Å²) in [5.74, 6) is -3.12. The Balaban J connectivity index is 1.64. The second-order valence-corrected chi connectivity index (χ2v) is 9.32. The first kappa shape index (κ1) is 25.3. The van der Waals surface area contributed by atoms with Crippen molar-refractivity contribution in [3.8, 4) is 11.5 Å². The molecule has 0 atom stereocenters. The van der Waals surface area contributed by atoms with E-state index in [-0.39, 0.29) is 50.0 Å². The third-order valence-electron chi connectivity index (χ3n) is 5.57. The summed E-state index contributed by atoms with van der Waals surface area (Å²) in [5, 5.41) is 17.1. The van der Waals surface area contributed by atoms with Crippen molar-refractivity contribution in [3.05, 3.63) is 76.9 Å². The zero-order chi connectivity index (χ0) is 27.1. The normalized spacial score (nSPS) is 12.8. The molecular formula is C24H19N3O9S. The van der Waals surface area contributed by atoms with Crippen LogP contribution in [0.3, 0.4) is 0 Å². The van der Waals surface area contributed by atoms with Crippen molar-refractivity contribution in [3.63, 3.8) is 0 Å². The van der Waals surface area contributed by atoms with Gasteiger partial charge in [-0.25, -0.2) is 23.3 Å². The zero-order valence-corrected chi connectivity index (χ0v) is 20.2. The lowest BCUT2D eigenvalue weighted by molar-refractivity contribution is 0.0697. The number of primary sulfonamides is 1. The van der Waals surface area contributed by atoms with Crippen molar-refractivity contribution in [2.75, 3.05) is 24.4 Å². The number of sulfonamides is 1. The highest BCUT2D eigenvalue weighted by Gasteiger charge is 2.37. The van der Waals surface area contributed by atoms with Crippen molar-refractivity contribution >= 4 is 45.1 Å². The standard InChI is InChI=1S/C24H19N3O9S/c1-35-19-10-17(24(31)32)18(11-20(19)36-2)26-21(28)12-3-8-15-16(9-12)23(30)27(22(15)29)13-4-6-14(7-5-13)37(25,33)34/h3-11H,1-2H3,(H,26,28)(H,31,32)(H2,25,33,34). The van der Waals surface area contributed by atoms with E-state index >= 15 is 0 Å². The predicted molar refractivity (Wildman–Crippen MR) is 130 cm³/mol. The molecule has 37 heavy (non-hydrogen) atoms. The van der Waals surface area contributed by atoms with Gasteiger partial charge in [-0.05, 0) is 42.5 Å². The molecule has 0 unspecified atom stereocenters. The predicted octanol–water partition coefficient (Wildman–Crippen LogP) is 2.10. The minimum Gasteiger partial charge on any atom is -0.493 e. The molecule has 4 rings (SSSR count). The van der Waals surface area contributed by atoms with E-state index in [0.29, 0.717) is 0 Å². The van der Waals surface area contributed by atoms with Crippen molar-refractivity contribution < 1.29 is 42.2 Å². The number of ether oxygens (including phenoxy) is 2. The fraction of sp³-hybridized carbons (Fsp3) is 0.0833. The minimum absolute atomic E-state index is 0.0163. The van der Waals surface area contributed by atoms with Crippen LogP contribution < -0.4 is 24.8 Å². The van der Waals surface area contributed by atoms with Gasteiger partial charge in [0, 0.05) is 17.7 Å². The summed E-state index contributed by atoms with van der Waals surface area (Å²) in [6, 6.07) is 11.2. The first-order valence-electron chi connectivity index (χ1n) is 10.4. The first-order valence-corrected chi connectivity index (χ1v) is 12.0. The van der Waals surface area contributed by atoms with Crippen molar-refractivity contribution in [2.24, 2.45) is 5.14 Å². The molecule has 1 aliphatic heterocycles. The van der Waals surface area contributed by atoms with E-state index in [4.69, 9.17) is 14.6 Å². The van der Waals surface area contributed by atoms with Crippen LogP contribution in [0, 0.1) is 0 Å². The largest absolute Gasteiger partial charge is 0.493 e. The quantitative estimate of drug-likeness (QED) is 0.389. The number of nitrogens with zero attached hydrogens (tertiary/aromatic N) is 1. The number of nitrogens with one attached hydrogen (secondary N) is 1. The Morgan fingerprint density at radius 1 is 0.892 bits per heavy atom. The van der Waals surface area contributed by atoms with Crippen LogP contribution in [0.1, 0.15) is 41.4 Å². The Morgan fingerprint density at radius 2 is 1.49 bits per heavy atom. The summed E-state index contributed by atoms with van der Waals surface area (Å²) in [4.78, 5) is 51.2. The van der Waals surface area contributed by atoms with E-state index in [0.717, 1.165) is 17.0 Å². The van der Waals surface area contributed by atoms with E-state index in [1.807, 2.05) is 0 Å². The number of carboxylic acids is 1. The van der Waals surface area contributed by atoms with Gasteiger partial charge >= 0.3 is 5.97 Å². The molecule has 3 aromatic rings. The number of hydrogen-bond acceptors (Lipinski definition) is 8. The van der Waals surface area contributed by atoms with Crippen LogP contribution in [0.2, 0.25) is 0 Å². The number of carboxylic acid groups (broad SMARTS) is 1. The van der Waals surface area contributed by atoms with E-state index in [1.54, 1.807) is 0 Å². The Morgan fingerprint density at radius 3 is 2.05 bits per heavy atom. The van der Waals surface area contributed by atoms with Crippen LogP contribution in [0.5, 0.6) is 11.5 Å². The molecule has 0 aliphatic carbocycles. The Kier molecular flexibility index (Phi) is 6.42. The van der Waals surface area contributed by atoms with Gasteiger partial charge in [-0.15, -0.1) is 0 Å². The number of hydrogen-bond donors (Lipinski definition) is 3. The summed E-state index contributed by atoms with van der Waals surface area (Å²) >= 11 is 0. The molecule has 4 N–H and O–H groups in total. The molecule has 0 saturated heterocycles. The minimum atomic E-state index is -3.97. The van der Waals surface area contributed by atoms with Crippen LogP contribution in [-0.2, 0) is 10.0 Å². The number of methoxy groups -OCH3 is 2. The molecule has 0 radical (unpaired) electrons. The molecular weight excluding hydrogens is 506 g/mol. The zero-order valence-electron chi connectivity index (χ0n) is 19.3. The Bertz CT molecular complexity index is 1580. The van der Waals surface area contributed by atoms with Crippen molar-refractivity contribution in [1.29, 1.82) is 0 Å². The number of rotatable bonds is 7. The number of anilines is 2. The fourth-order valence-electron chi connectivity index (χ4n) is 3.76. The number of carbonyl (C=O) groups is 4. The van der Waals surface area contributed by atoms with E-state index in [2.05, 4.69) is 5.32 Å². The molecule has 0 bridgehead atoms. The topological polar surface area (TPSA) is 182 Å². The molecule has 13 heteroatoms. The highest BCUT2D eigenvalue weighted by atomic mass is 32.2. The number of nitrogens with two attached hydrogens (primary N) is 1. The van der Waals surface area contributed by atoms with Crippen LogP contribution in [-0.4, -0.2) is 51.4 Å². The summed E-state index contributed by atoms with van der Waals surface area (Å²) in [6.07, 6.45) is 0. The number of amides is 3. The Labute approximate surface area is 210 Å². The molecule has 3 aromatic carbocycles. The van der Waals surface area contributed by atoms with Crippen molar-refractivity contribution in [1.82, 2.24) is 0 Å². The fourth-order valence-corrected chi connectivity index (χ4v) is 4.27. The molecule has 0 fully saturated rings. The molecule has 0 saturated carbocycles. The second kappa shape index (κ2) is 9.37. The summed E-state index contributed by atoms with van der Waals surface area (Å²) in [7, 11) is -1.28. The lowest BCUT2D eigenvalue weighted by Crippen LogP contribution is -2.29. The number of imide groups is 1. The Hall–Kier alpha value is -4.75. The molecule has 12 nitrogen and oxygen atoms in total. The van der Waals surface area contributed by atoms with Crippen LogP contribution >= 0.6 is 0 Å². The second-order valence-electron chi connectivity index (χ2n) is 7.76. The monoisotopic (exact) mass is 525 g/mol. The van der Waals surface area contributed by atoms with E-state index in [1.165, 1.54) is 56.7 Å². The number of fused-ring (bicyclic) bond motifs is 1. The van der Waals surface area contributed by atoms with Gasteiger partial charge in [0.25, 0.3) is 17.7 Å². The summed E-state index contributed by atoms with van der Waals surface area (Å²) < 4.78 is 33.2. The van der Waals surface area contributed by atoms with E-state index in [9.17, 15) is 32.7 Å². The van der Waals surface area contributed by atoms with Crippen LogP contribution in [0.4, 0.5) is 11.4 Å². The summed E-state index contributed by atoms with van der Waals surface area (Å²) in [6.45, 7) is 0. The van der Waals surface area contributed by atoms with Gasteiger partial charge in [0.2, 0.25) is 10.0 Å². The van der Waals surface area contributed by atoms with Gasteiger partial charge in [-0.1, -0.05) is 0 Å². The van der Waals surface area contributed by atoms with Crippen LogP contribution in [0.15, 0.2) is 59.5 Å². The molecule has 190 valence electrons. The average Bonchev–Trinajstić information content (AvgIpc) is 3.12. The lowest BCUT2D eigenvalue weighted by atomic mass is 10.0. The van der Waals surface area contributed by atoms with Gasteiger partial charge in [0.1, 0.15) is 0 Å². The average molecular weight is 525 g/mol. The summed E-state index contributed by atoms with van der Waals surface area (Å²) in [5.41, 5.74) is -0.256. The molecule has 0 aromatic heterocycles. The van der Waals surface area contributed by atoms with E-state index < -0.39 is 33.7 Å². The lowest BCUT2D eigenvalue weighted by Gasteiger charge is -2.14. The number of aromatic carboxylic acids is 1. The highest BCUT2D eigenvalue weighted by Crippen LogP contribution is 2.34. The first-order chi connectivity index (χ1) is 17.5. The smallest absolute Gasteiger partial charge is 0.337 e.